The van der Waals surface area contributed by atoms with Gasteiger partial charge in [0.1, 0.15) is 5.75 Å². The quantitative estimate of drug-likeness (QED) is 0.728. The number of rotatable bonds is 5. The molecule has 5 heteroatoms. The molecule has 1 fully saturated rings. The van der Waals surface area contributed by atoms with Crippen molar-refractivity contribution in [2.24, 2.45) is 5.92 Å². The number of carbonyl (C=O) groups excluding carboxylic acids is 1. The number of hydrogen-bond donors (Lipinski definition) is 1. The van der Waals surface area contributed by atoms with E-state index >= 15 is 0 Å². The van der Waals surface area contributed by atoms with Gasteiger partial charge in [-0.2, -0.15) is 0 Å². The Labute approximate surface area is 170 Å². The molecule has 0 unspecified atom stereocenters. The lowest BCUT2D eigenvalue weighted by Crippen LogP contribution is -2.29. The maximum absolute atomic E-state index is 12.3. The van der Waals surface area contributed by atoms with Crippen LogP contribution in [0.5, 0.6) is 5.75 Å². The monoisotopic (exact) mass is 396 g/mol. The van der Waals surface area contributed by atoms with Crippen molar-refractivity contribution in [2.75, 3.05) is 0 Å². The van der Waals surface area contributed by atoms with Gasteiger partial charge in [-0.15, -0.1) is 0 Å². The normalized spacial score (nSPS) is 22.3. The molecule has 1 heterocycles. The van der Waals surface area contributed by atoms with E-state index in [1.54, 1.807) is 6.20 Å². The Bertz CT molecular complexity index is 908. The fraction of sp³-hybridized carbons (Fsp3) is 0.391. The summed E-state index contributed by atoms with van der Waals surface area (Å²) < 4.78 is 6.28. The lowest BCUT2D eigenvalue weighted by molar-refractivity contribution is -0.121. The second-order valence-corrected chi connectivity index (χ2v) is 8.13. The fourth-order valence-corrected chi connectivity index (χ4v) is 4.17. The molecular weight excluding hydrogens is 372 g/mol. The first-order valence-electron chi connectivity index (χ1n) is 10.0. The number of para-hydroxylation sites is 1. The summed E-state index contributed by atoms with van der Waals surface area (Å²) in [6, 6.07) is 10.0. The Balaban J connectivity index is 1.27. The Morgan fingerprint density at radius 1 is 1.11 bits per heavy atom. The van der Waals surface area contributed by atoms with E-state index < -0.39 is 0 Å². The predicted octanol–water partition coefficient (Wildman–Crippen LogP) is 5.48. The molecule has 2 aliphatic rings. The highest BCUT2D eigenvalue weighted by atomic mass is 35.5. The molecule has 28 heavy (non-hydrogen) atoms. The largest absolute Gasteiger partial charge is 0.490 e. The van der Waals surface area contributed by atoms with Gasteiger partial charge in [-0.25, -0.2) is 0 Å². The summed E-state index contributed by atoms with van der Waals surface area (Å²) in [5.41, 5.74) is 1.93. The lowest BCUT2D eigenvalue weighted by atomic mass is 9.85. The molecule has 0 spiro atoms. The molecule has 0 saturated heterocycles. The Hall–Kier alpha value is -2.33. The van der Waals surface area contributed by atoms with Gasteiger partial charge >= 0.3 is 0 Å². The number of aromatic nitrogens is 1. The lowest BCUT2D eigenvalue weighted by Gasteiger charge is -2.29. The SMILES string of the molecule is O=C(CC1CCC(Oc2ccnc3ccccc23)CC1)NC1=CC=C(Cl)CC1. The molecule has 1 N–H and O–H groups in total. The zero-order valence-electron chi connectivity index (χ0n) is 15.9. The van der Waals surface area contributed by atoms with Crippen molar-refractivity contribution in [3.05, 3.63) is 59.4 Å². The second kappa shape index (κ2) is 8.78. The minimum Gasteiger partial charge on any atom is -0.490 e. The average molecular weight is 397 g/mol. The Morgan fingerprint density at radius 3 is 2.71 bits per heavy atom. The molecule has 0 radical (unpaired) electrons. The number of fused-ring (bicyclic) bond motifs is 1. The van der Waals surface area contributed by atoms with Crippen LogP contribution in [0, 0.1) is 5.92 Å². The molecule has 2 aromatic rings. The van der Waals surface area contributed by atoms with E-state index in [9.17, 15) is 4.79 Å². The minimum atomic E-state index is 0.113. The molecule has 1 aromatic heterocycles. The van der Waals surface area contributed by atoms with Gasteiger partial charge in [0, 0.05) is 28.7 Å². The van der Waals surface area contributed by atoms with E-state index in [0.29, 0.717) is 12.3 Å². The minimum absolute atomic E-state index is 0.113. The van der Waals surface area contributed by atoms with Crippen molar-refractivity contribution in [1.29, 1.82) is 0 Å². The predicted molar refractivity (Wildman–Crippen MR) is 112 cm³/mol. The molecule has 1 saturated carbocycles. The first kappa shape index (κ1) is 19.0. The third-order valence-electron chi connectivity index (χ3n) is 5.57. The molecule has 4 nitrogen and oxygen atoms in total. The van der Waals surface area contributed by atoms with E-state index in [1.807, 2.05) is 36.4 Å². The summed E-state index contributed by atoms with van der Waals surface area (Å²) in [6.07, 6.45) is 12.0. The van der Waals surface area contributed by atoms with Crippen LogP contribution in [0.1, 0.15) is 44.9 Å². The van der Waals surface area contributed by atoms with Crippen molar-refractivity contribution in [1.82, 2.24) is 10.3 Å². The van der Waals surface area contributed by atoms with E-state index in [1.165, 1.54) is 0 Å². The number of ether oxygens (including phenoxy) is 1. The summed E-state index contributed by atoms with van der Waals surface area (Å²) >= 11 is 5.97. The summed E-state index contributed by atoms with van der Waals surface area (Å²) in [5, 5.41) is 4.94. The van der Waals surface area contributed by atoms with Crippen LogP contribution in [-0.4, -0.2) is 17.0 Å². The number of amides is 1. The first-order chi connectivity index (χ1) is 13.7. The van der Waals surface area contributed by atoms with Gasteiger partial charge in [0.15, 0.2) is 0 Å². The Kier molecular flexibility index (Phi) is 5.96. The third-order valence-corrected chi connectivity index (χ3v) is 5.88. The van der Waals surface area contributed by atoms with Gasteiger partial charge in [-0.1, -0.05) is 23.7 Å². The second-order valence-electron chi connectivity index (χ2n) is 7.64. The van der Waals surface area contributed by atoms with Gasteiger partial charge < -0.3 is 10.1 Å². The van der Waals surface area contributed by atoms with Crippen LogP contribution in [0.3, 0.4) is 0 Å². The number of allylic oxidation sites excluding steroid dienone is 4. The van der Waals surface area contributed by atoms with Gasteiger partial charge in [-0.3, -0.25) is 9.78 Å². The molecular formula is C23H25ClN2O2. The summed E-state index contributed by atoms with van der Waals surface area (Å²) in [6.45, 7) is 0. The van der Waals surface area contributed by atoms with Crippen molar-refractivity contribution in [3.63, 3.8) is 0 Å². The number of carbonyl (C=O) groups is 1. The van der Waals surface area contributed by atoms with Crippen LogP contribution in [0.2, 0.25) is 0 Å². The smallest absolute Gasteiger partial charge is 0.224 e. The summed E-state index contributed by atoms with van der Waals surface area (Å²) in [7, 11) is 0. The number of nitrogens with one attached hydrogen (secondary N) is 1. The standard InChI is InChI=1S/C23H25ClN2O2/c24-17-7-9-18(10-8-17)26-23(27)15-16-5-11-19(12-6-16)28-22-13-14-25-21-4-2-1-3-20(21)22/h1-4,7,9,13-14,16,19H,5-6,8,10-12,15H2,(H,26,27). The number of pyridine rings is 1. The summed E-state index contributed by atoms with van der Waals surface area (Å²) in [5.74, 6) is 1.45. The highest BCUT2D eigenvalue weighted by molar-refractivity contribution is 6.29. The van der Waals surface area contributed by atoms with E-state index in [-0.39, 0.29) is 12.0 Å². The molecule has 4 rings (SSSR count). The van der Waals surface area contributed by atoms with Crippen LogP contribution in [0.15, 0.2) is 59.4 Å². The van der Waals surface area contributed by atoms with Crippen LogP contribution in [0.4, 0.5) is 0 Å². The Morgan fingerprint density at radius 2 is 1.93 bits per heavy atom. The molecule has 146 valence electrons. The van der Waals surface area contributed by atoms with E-state index in [2.05, 4.69) is 16.4 Å². The van der Waals surface area contributed by atoms with Crippen LogP contribution in [0.25, 0.3) is 10.9 Å². The van der Waals surface area contributed by atoms with Crippen molar-refractivity contribution in [3.8, 4) is 5.75 Å². The zero-order valence-corrected chi connectivity index (χ0v) is 16.6. The van der Waals surface area contributed by atoms with E-state index in [0.717, 1.165) is 65.9 Å². The van der Waals surface area contributed by atoms with Gasteiger partial charge in [-0.05, 0) is 74.8 Å². The van der Waals surface area contributed by atoms with Gasteiger partial charge in [0.05, 0.1) is 11.6 Å². The molecule has 1 amide bonds. The molecule has 2 aliphatic carbocycles. The molecule has 0 aliphatic heterocycles. The zero-order chi connectivity index (χ0) is 19.3. The summed E-state index contributed by atoms with van der Waals surface area (Å²) in [4.78, 5) is 16.7. The third kappa shape index (κ3) is 4.74. The fourth-order valence-electron chi connectivity index (χ4n) is 4.01. The molecule has 1 aromatic carbocycles. The average Bonchev–Trinajstić information content (AvgIpc) is 2.71. The topological polar surface area (TPSA) is 51.2 Å². The number of hydrogen-bond acceptors (Lipinski definition) is 3. The number of halogens is 1. The van der Waals surface area contributed by atoms with Gasteiger partial charge in [0.25, 0.3) is 0 Å². The van der Waals surface area contributed by atoms with Crippen molar-refractivity contribution < 1.29 is 9.53 Å². The number of nitrogens with zero attached hydrogens (tertiary/aromatic N) is 1. The van der Waals surface area contributed by atoms with Crippen molar-refractivity contribution in [2.45, 2.75) is 51.0 Å². The molecule has 0 bridgehead atoms. The van der Waals surface area contributed by atoms with Crippen LogP contribution < -0.4 is 10.1 Å². The maximum atomic E-state index is 12.3. The van der Waals surface area contributed by atoms with Crippen molar-refractivity contribution >= 4 is 28.4 Å². The highest BCUT2D eigenvalue weighted by Crippen LogP contribution is 2.32. The number of benzene rings is 1. The maximum Gasteiger partial charge on any atom is 0.224 e. The highest BCUT2D eigenvalue weighted by Gasteiger charge is 2.25. The van der Waals surface area contributed by atoms with Crippen LogP contribution >= 0.6 is 11.6 Å². The van der Waals surface area contributed by atoms with Crippen LogP contribution in [-0.2, 0) is 4.79 Å². The molecule has 0 atom stereocenters. The first-order valence-corrected chi connectivity index (χ1v) is 10.4. The van der Waals surface area contributed by atoms with E-state index in [4.69, 9.17) is 16.3 Å². The van der Waals surface area contributed by atoms with Gasteiger partial charge in [0.2, 0.25) is 5.91 Å².